The van der Waals surface area contributed by atoms with Gasteiger partial charge in [0.15, 0.2) is 0 Å². The van der Waals surface area contributed by atoms with Crippen molar-refractivity contribution in [2.75, 3.05) is 0 Å². The molecule has 3 aromatic rings. The predicted molar refractivity (Wildman–Crippen MR) is 107 cm³/mol. The van der Waals surface area contributed by atoms with E-state index in [9.17, 15) is 9.18 Å². The van der Waals surface area contributed by atoms with Crippen molar-refractivity contribution >= 4 is 22.7 Å². The second kappa shape index (κ2) is 6.17. The molecule has 6 heteroatoms. The lowest BCUT2D eigenvalue weighted by molar-refractivity contribution is 0.668. The van der Waals surface area contributed by atoms with Crippen LogP contribution in [-0.2, 0) is 7.05 Å². The molecule has 28 heavy (non-hydrogen) atoms. The summed E-state index contributed by atoms with van der Waals surface area (Å²) in [5.74, 6) is 0.300. The van der Waals surface area contributed by atoms with Gasteiger partial charge in [0.1, 0.15) is 11.7 Å². The summed E-state index contributed by atoms with van der Waals surface area (Å²) in [6.07, 6.45) is 6.75. The van der Waals surface area contributed by atoms with Gasteiger partial charge in [-0.25, -0.2) is 9.37 Å². The maximum atomic E-state index is 14.2. The number of nitrogens with zero attached hydrogens (tertiary/aromatic N) is 2. The minimum atomic E-state index is -0.376. The van der Waals surface area contributed by atoms with E-state index in [1.165, 1.54) is 16.7 Å². The van der Waals surface area contributed by atoms with Gasteiger partial charge in [0.05, 0.1) is 15.9 Å². The lowest BCUT2D eigenvalue weighted by Crippen LogP contribution is -2.35. The number of nitrogens with one attached hydrogen (secondary N) is 1. The molecule has 2 aliphatic carbocycles. The number of aromatic nitrogens is 3. The molecule has 2 aromatic heterocycles. The highest BCUT2D eigenvalue weighted by molar-refractivity contribution is 6.30. The third-order valence-corrected chi connectivity index (χ3v) is 5.37. The Bertz CT molecular complexity index is 1470. The van der Waals surface area contributed by atoms with E-state index in [1.807, 2.05) is 18.2 Å². The Kier molecular flexibility index (Phi) is 3.74. The fourth-order valence-corrected chi connectivity index (χ4v) is 3.85. The number of H-pyrrole nitrogens is 1. The summed E-state index contributed by atoms with van der Waals surface area (Å²) in [6, 6.07) is 9.26. The summed E-state index contributed by atoms with van der Waals surface area (Å²) in [4.78, 5) is 21.1. The first-order valence-electron chi connectivity index (χ1n) is 8.85. The van der Waals surface area contributed by atoms with Gasteiger partial charge in [-0.1, -0.05) is 17.7 Å². The number of benzene rings is 1. The zero-order chi connectivity index (χ0) is 19.4. The van der Waals surface area contributed by atoms with E-state index in [2.05, 4.69) is 4.98 Å². The minimum absolute atomic E-state index is 0.159. The molecule has 0 saturated carbocycles. The average molecular weight is 392 g/mol. The van der Waals surface area contributed by atoms with E-state index in [1.54, 1.807) is 31.5 Å². The fraction of sp³-hybridized carbons (Fsp3) is 0.0909. The number of pyridine rings is 1. The standard InChI is InChI=1S/C22H15ClFN3O/c1-27-9-8-17-18(22(27)28)14-10-13(4-7-16(24)11-14)19-20(17)26-21(25-19)12-2-5-15(23)6-3-12/h2-9,11H,10H2,1H3,(H,25,26). The van der Waals surface area contributed by atoms with Gasteiger partial charge in [-0.05, 0) is 53.6 Å². The summed E-state index contributed by atoms with van der Waals surface area (Å²) in [6.45, 7) is 0. The van der Waals surface area contributed by atoms with Crippen LogP contribution in [0.25, 0.3) is 22.5 Å². The molecule has 1 aromatic carbocycles. The van der Waals surface area contributed by atoms with E-state index >= 15 is 0 Å². The lowest BCUT2D eigenvalue weighted by Gasteiger charge is -2.02. The highest BCUT2D eigenvalue weighted by atomic mass is 35.5. The van der Waals surface area contributed by atoms with Crippen LogP contribution in [0, 0.1) is 10.6 Å². The summed E-state index contributed by atoms with van der Waals surface area (Å²) in [5, 5.41) is 3.38. The summed E-state index contributed by atoms with van der Waals surface area (Å²) in [7, 11) is 1.70. The van der Waals surface area contributed by atoms with Gasteiger partial charge >= 0.3 is 0 Å². The van der Waals surface area contributed by atoms with Gasteiger partial charge in [0.25, 0.3) is 5.56 Å². The van der Waals surface area contributed by atoms with Gasteiger partial charge < -0.3 is 9.55 Å². The Labute approximate surface area is 163 Å². The quantitative estimate of drug-likeness (QED) is 0.693. The first-order valence-corrected chi connectivity index (χ1v) is 9.22. The van der Waals surface area contributed by atoms with Crippen molar-refractivity contribution in [3.05, 3.63) is 97.1 Å². The van der Waals surface area contributed by atoms with E-state index in [-0.39, 0.29) is 11.4 Å². The zero-order valence-electron chi connectivity index (χ0n) is 15.0. The maximum absolute atomic E-state index is 14.2. The summed E-state index contributed by atoms with van der Waals surface area (Å²) in [5.41, 5.74) is 2.25. The largest absolute Gasteiger partial charge is 0.337 e. The number of aryl methyl sites for hydroxylation is 1. The molecule has 0 saturated heterocycles. The molecule has 2 heterocycles. The zero-order valence-corrected chi connectivity index (χ0v) is 15.7. The molecule has 0 fully saturated rings. The van der Waals surface area contributed by atoms with Crippen LogP contribution >= 0.6 is 11.6 Å². The van der Waals surface area contributed by atoms with Crippen LogP contribution in [0.2, 0.25) is 5.02 Å². The fourth-order valence-electron chi connectivity index (χ4n) is 3.73. The van der Waals surface area contributed by atoms with Gasteiger partial charge in [-0.15, -0.1) is 0 Å². The predicted octanol–water partition coefficient (Wildman–Crippen LogP) is 2.84. The van der Waals surface area contributed by atoms with E-state index in [0.29, 0.717) is 28.1 Å². The number of hydrogen-bond donors (Lipinski definition) is 1. The second-order valence-electron chi connectivity index (χ2n) is 6.93. The third kappa shape index (κ3) is 2.59. The van der Waals surface area contributed by atoms with E-state index < -0.39 is 0 Å². The molecule has 2 bridgehead atoms. The van der Waals surface area contributed by atoms with Crippen molar-refractivity contribution in [3.63, 3.8) is 0 Å². The number of aromatic amines is 1. The average Bonchev–Trinajstić information content (AvgIpc) is 2.97. The Morgan fingerprint density at radius 3 is 2.71 bits per heavy atom. The van der Waals surface area contributed by atoms with Crippen molar-refractivity contribution < 1.29 is 4.39 Å². The first kappa shape index (κ1) is 17.0. The number of fused-ring (bicyclic) bond motifs is 4. The monoisotopic (exact) mass is 391 g/mol. The highest BCUT2D eigenvalue weighted by Gasteiger charge is 2.16. The van der Waals surface area contributed by atoms with Crippen molar-refractivity contribution in [2.45, 2.75) is 6.42 Å². The molecule has 5 rings (SSSR count). The van der Waals surface area contributed by atoms with Crippen molar-refractivity contribution in [1.29, 1.82) is 0 Å². The van der Waals surface area contributed by atoms with Gasteiger partial charge in [0, 0.05) is 35.5 Å². The first-order chi connectivity index (χ1) is 13.5. The smallest absolute Gasteiger partial charge is 0.258 e. The molecule has 0 spiro atoms. The highest BCUT2D eigenvalue weighted by Crippen LogP contribution is 2.23. The third-order valence-electron chi connectivity index (χ3n) is 5.12. The van der Waals surface area contributed by atoms with Crippen molar-refractivity contribution in [1.82, 2.24) is 14.5 Å². The number of rotatable bonds is 1. The molecule has 0 atom stereocenters. The van der Waals surface area contributed by atoms with Crippen LogP contribution in [0.1, 0.15) is 6.42 Å². The number of imidazole rings is 1. The normalized spacial score (nSPS) is 14.9. The molecule has 0 amide bonds. The number of allylic oxidation sites excluding steroid dienone is 4. The Morgan fingerprint density at radius 1 is 1.14 bits per heavy atom. The minimum Gasteiger partial charge on any atom is -0.337 e. The van der Waals surface area contributed by atoms with Gasteiger partial charge in [0.2, 0.25) is 0 Å². The number of halogens is 2. The molecular formula is C22H15ClFN3O. The van der Waals surface area contributed by atoms with Gasteiger partial charge in [-0.2, -0.15) is 0 Å². The van der Waals surface area contributed by atoms with Crippen molar-refractivity contribution in [2.24, 2.45) is 7.05 Å². The van der Waals surface area contributed by atoms with Crippen LogP contribution < -0.4 is 16.1 Å². The van der Waals surface area contributed by atoms with Gasteiger partial charge in [-0.3, -0.25) is 4.79 Å². The van der Waals surface area contributed by atoms with Crippen LogP contribution in [0.5, 0.6) is 0 Å². The molecule has 0 unspecified atom stereocenters. The second-order valence-corrected chi connectivity index (χ2v) is 7.36. The molecule has 1 N–H and O–H groups in total. The Balaban J connectivity index is 2.01. The molecular weight excluding hydrogens is 377 g/mol. The van der Waals surface area contributed by atoms with E-state index in [0.717, 1.165) is 27.1 Å². The Hall–Kier alpha value is -3.18. The molecule has 0 radical (unpaired) electrons. The van der Waals surface area contributed by atoms with Crippen LogP contribution in [-0.4, -0.2) is 14.5 Å². The summed E-state index contributed by atoms with van der Waals surface area (Å²) < 4.78 is 15.7. The van der Waals surface area contributed by atoms with E-state index in [4.69, 9.17) is 16.6 Å². The Morgan fingerprint density at radius 2 is 1.93 bits per heavy atom. The molecule has 138 valence electrons. The number of hydrogen-bond acceptors (Lipinski definition) is 2. The van der Waals surface area contributed by atoms with Crippen LogP contribution in [0.3, 0.4) is 0 Å². The molecule has 4 nitrogen and oxygen atoms in total. The molecule has 2 aliphatic rings. The topological polar surface area (TPSA) is 50.7 Å². The SMILES string of the molecule is Cn1ccc2c(c1=O)=C1C=C(F)C=CC(=c3nc(-c4ccc(Cl)cc4)[nH]c3=2)C1. The van der Waals surface area contributed by atoms with Crippen LogP contribution in [0.15, 0.2) is 65.4 Å². The lowest BCUT2D eigenvalue weighted by atomic mass is 10.1. The summed E-state index contributed by atoms with van der Waals surface area (Å²) >= 11 is 6.00. The van der Waals surface area contributed by atoms with Crippen molar-refractivity contribution in [3.8, 4) is 11.4 Å². The van der Waals surface area contributed by atoms with Crippen LogP contribution in [0.4, 0.5) is 4.39 Å². The molecule has 0 aliphatic heterocycles. The maximum Gasteiger partial charge on any atom is 0.258 e.